The largest absolute Gasteiger partial charge is 0.389 e. The van der Waals surface area contributed by atoms with Gasteiger partial charge in [0.25, 0.3) is 0 Å². The molecule has 0 aromatic carbocycles. The Kier molecular flexibility index (Phi) is 5.19. The van der Waals surface area contributed by atoms with Gasteiger partial charge in [-0.1, -0.05) is 27.7 Å². The Balaban J connectivity index is 3.31. The molecule has 0 aliphatic rings. The van der Waals surface area contributed by atoms with Crippen LogP contribution in [0.4, 0.5) is 0 Å². The molecule has 1 rings (SSSR count). The lowest BCUT2D eigenvalue weighted by atomic mass is 10.0. The number of aromatic nitrogens is 2. The minimum Gasteiger partial charge on any atom is -0.389 e. The Labute approximate surface area is 105 Å². The quantitative estimate of drug-likeness (QED) is 0.824. The number of hydrogen-bond donors (Lipinski definition) is 1. The highest BCUT2D eigenvalue weighted by atomic mass is 16.3. The molecule has 1 aromatic rings. The highest BCUT2D eigenvalue weighted by Crippen LogP contribution is 2.27. The Morgan fingerprint density at radius 3 is 2.06 bits per heavy atom. The van der Waals surface area contributed by atoms with Gasteiger partial charge in [0.05, 0.1) is 17.8 Å². The zero-order valence-corrected chi connectivity index (χ0v) is 11.8. The van der Waals surface area contributed by atoms with Crippen molar-refractivity contribution >= 4 is 0 Å². The van der Waals surface area contributed by atoms with Crippen LogP contribution >= 0.6 is 0 Å². The summed E-state index contributed by atoms with van der Waals surface area (Å²) in [6.07, 6.45) is 3.59. The van der Waals surface area contributed by atoms with Crippen molar-refractivity contribution in [1.82, 2.24) is 9.78 Å². The van der Waals surface area contributed by atoms with Crippen LogP contribution in [0.3, 0.4) is 0 Å². The highest BCUT2D eigenvalue weighted by Gasteiger charge is 2.21. The monoisotopic (exact) mass is 238 g/mol. The molecule has 1 aromatic heterocycles. The first-order valence-electron chi connectivity index (χ1n) is 6.88. The standard InChI is InChI=1S/C14H26N2O/c1-6-11(7-2)16-13(9-4)14(10(5)17)12(8-3)15-16/h10-11,17H,6-9H2,1-5H3. The summed E-state index contributed by atoms with van der Waals surface area (Å²) in [5.41, 5.74) is 3.33. The van der Waals surface area contributed by atoms with Crippen LogP contribution in [0, 0.1) is 0 Å². The predicted molar refractivity (Wildman–Crippen MR) is 71.2 cm³/mol. The van der Waals surface area contributed by atoms with Crippen molar-refractivity contribution in [2.45, 2.75) is 72.4 Å². The average Bonchev–Trinajstić information content (AvgIpc) is 2.69. The van der Waals surface area contributed by atoms with Crippen LogP contribution in [0.5, 0.6) is 0 Å². The van der Waals surface area contributed by atoms with E-state index < -0.39 is 6.10 Å². The Bertz CT molecular complexity index is 351. The summed E-state index contributed by atoms with van der Waals surface area (Å²) in [4.78, 5) is 0. The molecule has 3 nitrogen and oxygen atoms in total. The van der Waals surface area contributed by atoms with E-state index in [1.807, 2.05) is 6.92 Å². The van der Waals surface area contributed by atoms with Gasteiger partial charge >= 0.3 is 0 Å². The third-order valence-corrected chi connectivity index (χ3v) is 3.50. The van der Waals surface area contributed by atoms with E-state index >= 15 is 0 Å². The first-order valence-corrected chi connectivity index (χ1v) is 6.88. The minimum atomic E-state index is -0.414. The number of aliphatic hydroxyl groups is 1. The summed E-state index contributed by atoms with van der Waals surface area (Å²) in [6, 6.07) is 0.461. The maximum atomic E-state index is 9.93. The fourth-order valence-electron chi connectivity index (χ4n) is 2.57. The smallest absolute Gasteiger partial charge is 0.0798 e. The van der Waals surface area contributed by atoms with Crippen LogP contribution in [-0.4, -0.2) is 14.9 Å². The van der Waals surface area contributed by atoms with Crippen molar-refractivity contribution in [3.05, 3.63) is 17.0 Å². The molecule has 1 unspecified atom stereocenters. The van der Waals surface area contributed by atoms with Gasteiger partial charge in [0, 0.05) is 11.3 Å². The van der Waals surface area contributed by atoms with E-state index in [9.17, 15) is 5.11 Å². The summed E-state index contributed by atoms with van der Waals surface area (Å²) >= 11 is 0. The van der Waals surface area contributed by atoms with E-state index in [1.165, 1.54) is 5.69 Å². The van der Waals surface area contributed by atoms with Crippen LogP contribution in [0.25, 0.3) is 0 Å². The molecule has 1 N–H and O–H groups in total. The van der Waals surface area contributed by atoms with E-state index in [4.69, 9.17) is 5.10 Å². The maximum absolute atomic E-state index is 9.93. The molecule has 0 saturated carbocycles. The SMILES string of the molecule is CCc1nn(C(CC)CC)c(CC)c1C(C)O. The van der Waals surface area contributed by atoms with Crippen LogP contribution in [-0.2, 0) is 12.8 Å². The fraction of sp³-hybridized carbons (Fsp3) is 0.786. The molecule has 0 spiro atoms. The molecule has 0 saturated heterocycles. The number of aryl methyl sites for hydroxylation is 1. The number of nitrogens with zero attached hydrogens (tertiary/aromatic N) is 2. The van der Waals surface area contributed by atoms with Crippen molar-refractivity contribution in [3.63, 3.8) is 0 Å². The van der Waals surface area contributed by atoms with Crippen LogP contribution in [0.15, 0.2) is 0 Å². The predicted octanol–water partition coefficient (Wildman–Crippen LogP) is 3.42. The molecular weight excluding hydrogens is 212 g/mol. The minimum absolute atomic E-state index is 0.414. The topological polar surface area (TPSA) is 38.0 Å². The van der Waals surface area contributed by atoms with Crippen molar-refractivity contribution in [2.24, 2.45) is 0 Å². The summed E-state index contributed by atoms with van der Waals surface area (Å²) < 4.78 is 2.15. The summed E-state index contributed by atoms with van der Waals surface area (Å²) in [5.74, 6) is 0. The van der Waals surface area contributed by atoms with E-state index in [0.717, 1.165) is 36.9 Å². The van der Waals surface area contributed by atoms with Crippen molar-refractivity contribution in [1.29, 1.82) is 0 Å². The molecule has 0 aliphatic carbocycles. The second-order valence-corrected chi connectivity index (χ2v) is 4.61. The Morgan fingerprint density at radius 2 is 1.71 bits per heavy atom. The highest BCUT2D eigenvalue weighted by molar-refractivity contribution is 5.29. The molecule has 17 heavy (non-hydrogen) atoms. The molecule has 3 heteroatoms. The summed E-state index contributed by atoms with van der Waals surface area (Å²) in [5, 5.41) is 14.7. The van der Waals surface area contributed by atoms with Crippen LogP contribution < -0.4 is 0 Å². The van der Waals surface area contributed by atoms with E-state index in [2.05, 4.69) is 32.4 Å². The van der Waals surface area contributed by atoms with Gasteiger partial charge < -0.3 is 5.11 Å². The molecule has 98 valence electrons. The molecule has 0 fully saturated rings. The molecule has 1 heterocycles. The lowest BCUT2D eigenvalue weighted by molar-refractivity contribution is 0.196. The van der Waals surface area contributed by atoms with Gasteiger partial charge in [0.2, 0.25) is 0 Å². The second-order valence-electron chi connectivity index (χ2n) is 4.61. The Morgan fingerprint density at radius 1 is 1.12 bits per heavy atom. The number of hydrogen-bond acceptors (Lipinski definition) is 2. The molecule has 0 amide bonds. The van der Waals surface area contributed by atoms with Crippen molar-refractivity contribution in [2.75, 3.05) is 0 Å². The van der Waals surface area contributed by atoms with Crippen LogP contribution in [0.2, 0.25) is 0 Å². The summed E-state index contributed by atoms with van der Waals surface area (Å²) in [7, 11) is 0. The first kappa shape index (κ1) is 14.2. The van der Waals surface area contributed by atoms with Gasteiger partial charge in [-0.2, -0.15) is 5.10 Å². The molecule has 1 atom stereocenters. The van der Waals surface area contributed by atoms with Gasteiger partial charge in [-0.15, -0.1) is 0 Å². The number of aliphatic hydroxyl groups excluding tert-OH is 1. The zero-order valence-electron chi connectivity index (χ0n) is 11.8. The van der Waals surface area contributed by atoms with Gasteiger partial charge in [-0.25, -0.2) is 0 Å². The summed E-state index contributed by atoms with van der Waals surface area (Å²) in [6.45, 7) is 10.5. The molecule has 0 aliphatic heterocycles. The van der Waals surface area contributed by atoms with Crippen molar-refractivity contribution in [3.8, 4) is 0 Å². The average molecular weight is 238 g/mol. The maximum Gasteiger partial charge on any atom is 0.0798 e. The van der Waals surface area contributed by atoms with Gasteiger partial charge in [0.1, 0.15) is 0 Å². The number of rotatable bonds is 6. The molecular formula is C14H26N2O. The molecule has 0 radical (unpaired) electrons. The molecule has 0 bridgehead atoms. The van der Waals surface area contributed by atoms with Crippen LogP contribution in [0.1, 0.15) is 76.6 Å². The van der Waals surface area contributed by atoms with Gasteiger partial charge in [-0.05, 0) is 32.6 Å². The Hall–Kier alpha value is -0.830. The second kappa shape index (κ2) is 6.20. The van der Waals surface area contributed by atoms with Gasteiger partial charge in [-0.3, -0.25) is 4.68 Å². The third-order valence-electron chi connectivity index (χ3n) is 3.50. The lowest BCUT2D eigenvalue weighted by Crippen LogP contribution is -2.12. The zero-order chi connectivity index (χ0) is 13.0. The normalized spacial score (nSPS) is 13.4. The van der Waals surface area contributed by atoms with Crippen molar-refractivity contribution < 1.29 is 5.11 Å². The fourth-order valence-corrected chi connectivity index (χ4v) is 2.57. The van der Waals surface area contributed by atoms with Gasteiger partial charge in [0.15, 0.2) is 0 Å². The first-order chi connectivity index (χ1) is 8.10. The lowest BCUT2D eigenvalue weighted by Gasteiger charge is -2.17. The third kappa shape index (κ3) is 2.71. The van der Waals surface area contributed by atoms with E-state index in [0.29, 0.717) is 6.04 Å². The van der Waals surface area contributed by atoms with E-state index in [1.54, 1.807) is 0 Å². The van der Waals surface area contributed by atoms with E-state index in [-0.39, 0.29) is 0 Å².